The second-order valence-electron chi connectivity index (χ2n) is 4.27. The third-order valence-corrected chi connectivity index (χ3v) is 2.67. The lowest BCUT2D eigenvalue weighted by Gasteiger charge is -2.02. The van der Waals surface area contributed by atoms with E-state index in [-0.39, 0.29) is 18.2 Å². The van der Waals surface area contributed by atoms with Crippen LogP contribution in [0.2, 0.25) is 0 Å². The van der Waals surface area contributed by atoms with Crippen LogP contribution in [0.5, 0.6) is 0 Å². The molecule has 0 saturated carbocycles. The van der Waals surface area contributed by atoms with E-state index in [1.54, 1.807) is 0 Å². The molecule has 0 radical (unpaired) electrons. The zero-order chi connectivity index (χ0) is 14.1. The standard InChI is InChI=1S/C12H20N4O3/c1-2-9-14-11(16-15-9)12(19)13-8-6-4-3-5-7-10(17)18/h2-8H2,1H3,(H,13,19)(H,17,18)(H,14,15,16). The van der Waals surface area contributed by atoms with Crippen molar-refractivity contribution in [3.8, 4) is 0 Å². The van der Waals surface area contributed by atoms with E-state index in [0.717, 1.165) is 19.3 Å². The molecule has 0 aliphatic rings. The monoisotopic (exact) mass is 268 g/mol. The van der Waals surface area contributed by atoms with Crippen molar-refractivity contribution in [2.24, 2.45) is 0 Å². The Morgan fingerprint density at radius 3 is 2.63 bits per heavy atom. The summed E-state index contributed by atoms with van der Waals surface area (Å²) in [6, 6.07) is 0. The van der Waals surface area contributed by atoms with Gasteiger partial charge in [-0.05, 0) is 12.8 Å². The molecule has 0 unspecified atom stereocenters. The molecule has 106 valence electrons. The van der Waals surface area contributed by atoms with E-state index in [4.69, 9.17) is 5.11 Å². The number of carboxylic acid groups (broad SMARTS) is 1. The molecule has 1 aromatic heterocycles. The van der Waals surface area contributed by atoms with Crippen molar-refractivity contribution in [1.82, 2.24) is 20.5 Å². The van der Waals surface area contributed by atoms with Gasteiger partial charge in [-0.3, -0.25) is 14.7 Å². The minimum atomic E-state index is -0.760. The number of aryl methyl sites for hydroxylation is 1. The van der Waals surface area contributed by atoms with Gasteiger partial charge in [-0.2, -0.15) is 0 Å². The van der Waals surface area contributed by atoms with E-state index in [1.165, 1.54) is 0 Å². The van der Waals surface area contributed by atoms with Crippen LogP contribution in [0, 0.1) is 0 Å². The van der Waals surface area contributed by atoms with Crippen LogP contribution < -0.4 is 5.32 Å². The van der Waals surface area contributed by atoms with Crippen LogP contribution in [0.15, 0.2) is 0 Å². The number of carboxylic acids is 1. The van der Waals surface area contributed by atoms with Gasteiger partial charge in [0.15, 0.2) is 0 Å². The number of aliphatic carboxylic acids is 1. The van der Waals surface area contributed by atoms with Gasteiger partial charge in [-0.15, -0.1) is 5.10 Å². The number of aromatic nitrogens is 3. The summed E-state index contributed by atoms with van der Waals surface area (Å²) in [7, 11) is 0. The van der Waals surface area contributed by atoms with Crippen LogP contribution >= 0.6 is 0 Å². The Labute approximate surface area is 111 Å². The maximum Gasteiger partial charge on any atom is 0.303 e. The van der Waals surface area contributed by atoms with Gasteiger partial charge in [0.2, 0.25) is 5.82 Å². The number of hydrogen-bond acceptors (Lipinski definition) is 4. The first kappa shape index (κ1) is 15.1. The van der Waals surface area contributed by atoms with Gasteiger partial charge in [0.25, 0.3) is 5.91 Å². The summed E-state index contributed by atoms with van der Waals surface area (Å²) in [6.07, 6.45) is 4.21. The first-order valence-electron chi connectivity index (χ1n) is 6.54. The Hall–Kier alpha value is -1.92. The molecule has 0 atom stereocenters. The van der Waals surface area contributed by atoms with Crippen molar-refractivity contribution in [2.75, 3.05) is 6.54 Å². The highest BCUT2D eigenvalue weighted by atomic mass is 16.4. The van der Waals surface area contributed by atoms with Gasteiger partial charge < -0.3 is 10.4 Å². The molecule has 1 aromatic rings. The molecule has 19 heavy (non-hydrogen) atoms. The van der Waals surface area contributed by atoms with Crippen molar-refractivity contribution in [3.05, 3.63) is 11.6 Å². The highest BCUT2D eigenvalue weighted by Crippen LogP contribution is 2.02. The smallest absolute Gasteiger partial charge is 0.303 e. The zero-order valence-electron chi connectivity index (χ0n) is 11.1. The Balaban J connectivity index is 2.09. The van der Waals surface area contributed by atoms with Crippen molar-refractivity contribution >= 4 is 11.9 Å². The van der Waals surface area contributed by atoms with Crippen LogP contribution in [0.4, 0.5) is 0 Å². The minimum absolute atomic E-state index is 0.169. The summed E-state index contributed by atoms with van der Waals surface area (Å²) in [5, 5.41) is 17.7. The Morgan fingerprint density at radius 1 is 1.26 bits per heavy atom. The van der Waals surface area contributed by atoms with Crippen LogP contribution in [-0.2, 0) is 11.2 Å². The second kappa shape index (κ2) is 8.23. The fourth-order valence-electron chi connectivity index (χ4n) is 1.59. The van der Waals surface area contributed by atoms with E-state index < -0.39 is 5.97 Å². The maximum absolute atomic E-state index is 11.6. The molecule has 0 fully saturated rings. The SMILES string of the molecule is CCc1nc(C(=O)NCCCCCCC(=O)O)n[nH]1. The van der Waals surface area contributed by atoms with E-state index >= 15 is 0 Å². The molecular weight excluding hydrogens is 248 g/mol. The number of aromatic amines is 1. The lowest BCUT2D eigenvalue weighted by Crippen LogP contribution is -2.25. The average Bonchev–Trinajstić information content (AvgIpc) is 2.85. The lowest BCUT2D eigenvalue weighted by molar-refractivity contribution is -0.137. The third kappa shape index (κ3) is 5.98. The molecule has 1 heterocycles. The summed E-state index contributed by atoms with van der Waals surface area (Å²) < 4.78 is 0. The molecule has 3 N–H and O–H groups in total. The van der Waals surface area contributed by atoms with Crippen LogP contribution in [0.3, 0.4) is 0 Å². The normalized spacial score (nSPS) is 10.4. The van der Waals surface area contributed by atoms with E-state index in [1.807, 2.05) is 6.92 Å². The highest BCUT2D eigenvalue weighted by Gasteiger charge is 2.10. The topological polar surface area (TPSA) is 108 Å². The summed E-state index contributed by atoms with van der Waals surface area (Å²) in [5.41, 5.74) is 0. The van der Waals surface area contributed by atoms with Gasteiger partial charge >= 0.3 is 5.97 Å². The Bertz CT molecular complexity index is 417. The first-order valence-corrected chi connectivity index (χ1v) is 6.54. The number of carbonyl (C=O) groups is 2. The lowest BCUT2D eigenvalue weighted by atomic mass is 10.1. The molecule has 0 aliphatic carbocycles. The van der Waals surface area contributed by atoms with Gasteiger partial charge in [0.1, 0.15) is 5.82 Å². The predicted octanol–water partition coefficient (Wildman–Crippen LogP) is 1.13. The number of hydrogen-bond donors (Lipinski definition) is 3. The van der Waals surface area contributed by atoms with Gasteiger partial charge in [-0.25, -0.2) is 4.98 Å². The van der Waals surface area contributed by atoms with Gasteiger partial charge in [0, 0.05) is 19.4 Å². The molecule has 0 aliphatic heterocycles. The number of rotatable bonds is 9. The summed E-state index contributed by atoms with van der Waals surface area (Å²) in [4.78, 5) is 25.9. The molecule has 0 aromatic carbocycles. The number of H-pyrrole nitrogens is 1. The number of carbonyl (C=O) groups excluding carboxylic acids is 1. The van der Waals surface area contributed by atoms with E-state index in [9.17, 15) is 9.59 Å². The summed E-state index contributed by atoms with van der Waals surface area (Å²) >= 11 is 0. The third-order valence-electron chi connectivity index (χ3n) is 2.67. The quantitative estimate of drug-likeness (QED) is 0.582. The summed E-state index contributed by atoms with van der Waals surface area (Å²) in [5.74, 6) is -0.173. The van der Waals surface area contributed by atoms with Crippen LogP contribution in [0.25, 0.3) is 0 Å². The largest absolute Gasteiger partial charge is 0.481 e. The van der Waals surface area contributed by atoms with Crippen molar-refractivity contribution < 1.29 is 14.7 Å². The van der Waals surface area contributed by atoms with Crippen LogP contribution in [-0.4, -0.2) is 38.7 Å². The number of nitrogens with one attached hydrogen (secondary N) is 2. The minimum Gasteiger partial charge on any atom is -0.481 e. The maximum atomic E-state index is 11.6. The van der Waals surface area contributed by atoms with Gasteiger partial charge in [-0.1, -0.05) is 19.8 Å². The second-order valence-corrected chi connectivity index (χ2v) is 4.27. The molecule has 7 heteroatoms. The van der Waals surface area contributed by atoms with E-state index in [0.29, 0.717) is 25.2 Å². The molecule has 0 bridgehead atoms. The first-order chi connectivity index (χ1) is 9.13. The number of unbranched alkanes of at least 4 members (excludes halogenated alkanes) is 3. The van der Waals surface area contributed by atoms with Crippen molar-refractivity contribution in [1.29, 1.82) is 0 Å². The summed E-state index contributed by atoms with van der Waals surface area (Å²) in [6.45, 7) is 2.49. The van der Waals surface area contributed by atoms with Gasteiger partial charge in [0.05, 0.1) is 0 Å². The molecule has 1 amide bonds. The predicted molar refractivity (Wildman–Crippen MR) is 68.8 cm³/mol. The number of amides is 1. The molecule has 0 saturated heterocycles. The number of nitrogens with zero attached hydrogens (tertiary/aromatic N) is 2. The fraction of sp³-hybridized carbons (Fsp3) is 0.667. The highest BCUT2D eigenvalue weighted by molar-refractivity contribution is 5.90. The van der Waals surface area contributed by atoms with E-state index in [2.05, 4.69) is 20.5 Å². The fourth-order valence-corrected chi connectivity index (χ4v) is 1.59. The molecule has 0 spiro atoms. The average molecular weight is 268 g/mol. The Morgan fingerprint density at radius 2 is 2.00 bits per heavy atom. The molecular formula is C12H20N4O3. The molecule has 7 nitrogen and oxygen atoms in total. The molecule has 1 rings (SSSR count). The van der Waals surface area contributed by atoms with Crippen LogP contribution in [0.1, 0.15) is 55.5 Å². The van der Waals surface area contributed by atoms with Crippen molar-refractivity contribution in [2.45, 2.75) is 45.4 Å². The Kier molecular flexibility index (Phi) is 6.56. The zero-order valence-corrected chi connectivity index (χ0v) is 11.1. The van der Waals surface area contributed by atoms with Crippen molar-refractivity contribution in [3.63, 3.8) is 0 Å².